The zero-order valence-corrected chi connectivity index (χ0v) is 18.5. The first kappa shape index (κ1) is 22.2. The third-order valence-electron chi connectivity index (χ3n) is 5.16. The minimum Gasteiger partial charge on any atom is -0.494 e. The number of methoxy groups -OCH3 is 2. The molecule has 3 aromatic rings. The molecule has 0 unspecified atom stereocenters. The first-order valence-corrected chi connectivity index (χ1v) is 10.9. The van der Waals surface area contributed by atoms with Crippen molar-refractivity contribution in [3.05, 3.63) is 46.7 Å². The Morgan fingerprint density at radius 1 is 1.03 bits per heavy atom. The molecular weight excluding hydrogens is 440 g/mol. The number of benzene rings is 1. The van der Waals surface area contributed by atoms with E-state index in [-0.39, 0.29) is 29.4 Å². The number of hydrogen-bond acceptors (Lipinski definition) is 9. The lowest BCUT2D eigenvalue weighted by Crippen LogP contribution is -2.26. The molecule has 0 spiro atoms. The van der Waals surface area contributed by atoms with Crippen LogP contribution < -0.4 is 24.8 Å². The Kier molecular flexibility index (Phi) is 6.96. The lowest BCUT2D eigenvalue weighted by atomic mass is 9.97. The molecule has 3 heterocycles. The second-order valence-corrected chi connectivity index (χ2v) is 8.20. The molecule has 0 amide bonds. The Bertz CT molecular complexity index is 1030. The predicted molar refractivity (Wildman–Crippen MR) is 116 cm³/mol. The molecule has 1 aromatic carbocycles. The molecular formula is C21H23F2N5O3S. The topological polar surface area (TPSA) is 90.4 Å². The van der Waals surface area contributed by atoms with Gasteiger partial charge in [-0.3, -0.25) is 0 Å². The zero-order chi connectivity index (χ0) is 22.5. The number of piperidine rings is 1. The highest BCUT2D eigenvalue weighted by Crippen LogP contribution is 2.33. The van der Waals surface area contributed by atoms with E-state index in [1.807, 2.05) is 6.20 Å². The Morgan fingerprint density at radius 2 is 1.69 bits per heavy atom. The SMILES string of the molecule is COc1cc(OC)c(F)c(COc2cnc(Nc3ncc(C4CCNCC4)s3)nc2)c1F. The van der Waals surface area contributed by atoms with Crippen LogP contribution in [0, 0.1) is 11.6 Å². The zero-order valence-electron chi connectivity index (χ0n) is 17.7. The van der Waals surface area contributed by atoms with Gasteiger partial charge in [0.15, 0.2) is 34.0 Å². The molecule has 1 fully saturated rings. The summed E-state index contributed by atoms with van der Waals surface area (Å²) in [5.41, 5.74) is -0.309. The molecule has 0 aliphatic carbocycles. The van der Waals surface area contributed by atoms with E-state index in [9.17, 15) is 8.78 Å². The molecule has 1 aliphatic rings. The Balaban J connectivity index is 1.39. The van der Waals surface area contributed by atoms with E-state index in [0.29, 0.717) is 17.0 Å². The summed E-state index contributed by atoms with van der Waals surface area (Å²) >= 11 is 1.59. The summed E-state index contributed by atoms with van der Waals surface area (Å²) in [6.07, 6.45) is 6.94. The van der Waals surface area contributed by atoms with Crippen LogP contribution in [0.25, 0.3) is 0 Å². The maximum absolute atomic E-state index is 14.4. The number of anilines is 2. The maximum atomic E-state index is 14.4. The van der Waals surface area contributed by atoms with Gasteiger partial charge >= 0.3 is 0 Å². The second-order valence-electron chi connectivity index (χ2n) is 7.14. The highest BCUT2D eigenvalue weighted by molar-refractivity contribution is 7.15. The molecule has 0 atom stereocenters. The van der Waals surface area contributed by atoms with Gasteiger partial charge in [-0.1, -0.05) is 0 Å². The fourth-order valence-electron chi connectivity index (χ4n) is 3.41. The van der Waals surface area contributed by atoms with Crippen LogP contribution in [-0.2, 0) is 6.61 Å². The van der Waals surface area contributed by atoms with Gasteiger partial charge in [-0.05, 0) is 31.8 Å². The van der Waals surface area contributed by atoms with E-state index in [2.05, 4.69) is 25.6 Å². The van der Waals surface area contributed by atoms with E-state index in [0.717, 1.165) is 32.0 Å². The van der Waals surface area contributed by atoms with Crippen molar-refractivity contribution >= 4 is 22.4 Å². The standard InChI is InChI=1S/C21H23F2N5O3S/c1-29-15-7-16(30-2)19(23)14(18(15)22)11-31-13-8-25-20(26-9-13)28-21-27-10-17(32-21)12-3-5-24-6-4-12/h7-10,12,24H,3-6,11H2,1-2H3,(H,25,26,27,28). The molecule has 0 radical (unpaired) electrons. The number of ether oxygens (including phenoxy) is 3. The molecule has 1 aliphatic heterocycles. The predicted octanol–water partition coefficient (Wildman–Crippen LogP) is 4.02. The average molecular weight is 464 g/mol. The van der Waals surface area contributed by atoms with Gasteiger partial charge in [0.2, 0.25) is 5.95 Å². The molecule has 8 nitrogen and oxygen atoms in total. The summed E-state index contributed by atoms with van der Waals surface area (Å²) in [7, 11) is 2.58. The van der Waals surface area contributed by atoms with Crippen LogP contribution in [-0.4, -0.2) is 42.3 Å². The first-order chi connectivity index (χ1) is 15.6. The average Bonchev–Trinajstić information content (AvgIpc) is 3.29. The Morgan fingerprint density at radius 3 is 2.31 bits per heavy atom. The van der Waals surface area contributed by atoms with Crippen molar-refractivity contribution in [2.45, 2.75) is 25.4 Å². The van der Waals surface area contributed by atoms with Gasteiger partial charge in [-0.15, -0.1) is 11.3 Å². The molecule has 2 aromatic heterocycles. The van der Waals surface area contributed by atoms with E-state index < -0.39 is 11.6 Å². The third-order valence-corrected chi connectivity index (χ3v) is 6.23. The number of aromatic nitrogens is 3. The van der Waals surface area contributed by atoms with Gasteiger partial charge in [-0.25, -0.2) is 23.7 Å². The molecule has 170 valence electrons. The number of thiazole rings is 1. The van der Waals surface area contributed by atoms with E-state index in [4.69, 9.17) is 14.2 Å². The number of hydrogen-bond donors (Lipinski definition) is 2. The number of nitrogens with one attached hydrogen (secondary N) is 2. The van der Waals surface area contributed by atoms with Crippen molar-refractivity contribution in [3.63, 3.8) is 0 Å². The number of halogens is 2. The van der Waals surface area contributed by atoms with Crippen molar-refractivity contribution in [1.82, 2.24) is 20.3 Å². The lowest BCUT2D eigenvalue weighted by molar-refractivity contribution is 0.280. The largest absolute Gasteiger partial charge is 0.494 e. The van der Waals surface area contributed by atoms with Crippen molar-refractivity contribution in [1.29, 1.82) is 0 Å². The maximum Gasteiger partial charge on any atom is 0.229 e. The fraction of sp³-hybridized carbons (Fsp3) is 0.381. The van der Waals surface area contributed by atoms with E-state index in [1.54, 1.807) is 11.3 Å². The number of rotatable bonds is 8. The summed E-state index contributed by atoms with van der Waals surface area (Å²) < 4.78 is 44.2. The van der Waals surface area contributed by atoms with Crippen LogP contribution in [0.15, 0.2) is 24.7 Å². The van der Waals surface area contributed by atoms with Crippen LogP contribution in [0.2, 0.25) is 0 Å². The molecule has 11 heteroatoms. The minimum atomic E-state index is -0.849. The van der Waals surface area contributed by atoms with Gasteiger partial charge in [0, 0.05) is 17.1 Å². The van der Waals surface area contributed by atoms with Gasteiger partial charge < -0.3 is 24.8 Å². The highest BCUT2D eigenvalue weighted by Gasteiger charge is 2.21. The fourth-order valence-corrected chi connectivity index (χ4v) is 4.39. The second kappa shape index (κ2) is 10.0. The van der Waals surface area contributed by atoms with Crippen LogP contribution in [0.5, 0.6) is 17.2 Å². The summed E-state index contributed by atoms with van der Waals surface area (Å²) in [6, 6.07) is 1.15. The molecule has 1 saturated heterocycles. The quantitative estimate of drug-likeness (QED) is 0.518. The van der Waals surface area contributed by atoms with Crippen LogP contribution in [0.1, 0.15) is 29.2 Å². The normalized spacial score (nSPS) is 14.2. The monoisotopic (exact) mass is 463 g/mol. The van der Waals surface area contributed by atoms with Crippen LogP contribution in [0.3, 0.4) is 0 Å². The number of nitrogens with zero attached hydrogens (tertiary/aromatic N) is 3. The van der Waals surface area contributed by atoms with Crippen molar-refractivity contribution in [3.8, 4) is 17.2 Å². The van der Waals surface area contributed by atoms with Crippen molar-refractivity contribution in [2.75, 3.05) is 32.6 Å². The van der Waals surface area contributed by atoms with Gasteiger partial charge in [0.25, 0.3) is 0 Å². The highest BCUT2D eigenvalue weighted by atomic mass is 32.1. The summed E-state index contributed by atoms with van der Waals surface area (Å²) in [4.78, 5) is 14.0. The first-order valence-electron chi connectivity index (χ1n) is 10.1. The van der Waals surface area contributed by atoms with Crippen molar-refractivity contribution in [2.24, 2.45) is 0 Å². The smallest absolute Gasteiger partial charge is 0.229 e. The van der Waals surface area contributed by atoms with Crippen molar-refractivity contribution < 1.29 is 23.0 Å². The molecule has 32 heavy (non-hydrogen) atoms. The Hall–Kier alpha value is -3.05. The van der Waals surface area contributed by atoms with Gasteiger partial charge in [0.1, 0.15) is 6.61 Å². The van der Waals surface area contributed by atoms with Crippen LogP contribution >= 0.6 is 11.3 Å². The summed E-state index contributed by atoms with van der Waals surface area (Å²) in [5, 5.41) is 7.14. The van der Waals surface area contributed by atoms with Crippen LogP contribution in [0.4, 0.5) is 19.9 Å². The summed E-state index contributed by atoms with van der Waals surface area (Å²) in [5.74, 6) is -0.835. The molecule has 0 saturated carbocycles. The van der Waals surface area contributed by atoms with E-state index in [1.165, 1.54) is 31.5 Å². The summed E-state index contributed by atoms with van der Waals surface area (Å²) in [6.45, 7) is 1.66. The van der Waals surface area contributed by atoms with E-state index >= 15 is 0 Å². The Labute approximate surface area is 188 Å². The van der Waals surface area contributed by atoms with Gasteiger partial charge in [-0.2, -0.15) is 0 Å². The molecule has 4 rings (SSSR count). The minimum absolute atomic E-state index is 0.134. The molecule has 0 bridgehead atoms. The van der Waals surface area contributed by atoms with Gasteiger partial charge in [0.05, 0.1) is 32.2 Å². The third kappa shape index (κ3) is 4.89. The lowest BCUT2D eigenvalue weighted by Gasteiger charge is -2.20. The molecule has 2 N–H and O–H groups in total.